The Morgan fingerprint density at radius 1 is 1.09 bits per heavy atom. The molecule has 2 aromatic carbocycles. The molecule has 160 valence electrons. The van der Waals surface area contributed by atoms with Crippen LogP contribution in [-0.2, 0) is 15.3 Å². The van der Waals surface area contributed by atoms with Crippen LogP contribution in [0.15, 0.2) is 46.9 Å². The average Bonchev–Trinajstić information content (AvgIpc) is 2.95. The van der Waals surface area contributed by atoms with Gasteiger partial charge in [-0.3, -0.25) is 5.41 Å². The maximum atomic E-state index is 13.6. The number of fused-ring (bicyclic) bond motifs is 2. The summed E-state index contributed by atoms with van der Waals surface area (Å²) in [6.07, 6.45) is -1.26. The number of hydrogen-bond donors (Lipinski definition) is 1. The molecular weight excluding hydrogens is 479 g/mol. The van der Waals surface area contributed by atoms with E-state index in [1.54, 1.807) is 25.1 Å². The van der Waals surface area contributed by atoms with Crippen molar-refractivity contribution in [2.45, 2.75) is 18.8 Å². The quantitative estimate of drug-likeness (QED) is 0.658. The Morgan fingerprint density at radius 2 is 1.75 bits per heavy atom. The fourth-order valence-corrected chi connectivity index (χ4v) is 5.25. The fourth-order valence-electron chi connectivity index (χ4n) is 4.70. The lowest BCUT2D eigenvalue weighted by atomic mass is 9.53. The average molecular weight is 495 g/mol. The van der Waals surface area contributed by atoms with Crippen molar-refractivity contribution in [1.82, 2.24) is 0 Å². The van der Waals surface area contributed by atoms with Gasteiger partial charge in [0, 0.05) is 5.56 Å². The molecule has 0 spiro atoms. The third kappa shape index (κ3) is 2.48. The highest BCUT2D eigenvalue weighted by molar-refractivity contribution is 9.10. The first-order valence-electron chi connectivity index (χ1n) is 9.55. The van der Waals surface area contributed by atoms with E-state index < -0.39 is 40.4 Å². The van der Waals surface area contributed by atoms with E-state index in [0.717, 1.165) is 0 Å². The third-order valence-corrected chi connectivity index (χ3v) is 7.01. The van der Waals surface area contributed by atoms with Crippen LogP contribution in [0.5, 0.6) is 5.75 Å². The predicted octanol–water partition coefficient (Wildman–Crippen LogP) is 4.71. The van der Waals surface area contributed by atoms with E-state index in [4.69, 9.17) is 19.6 Å². The number of methoxy groups -OCH3 is 1. The number of halogens is 2. The van der Waals surface area contributed by atoms with Crippen LogP contribution in [0.3, 0.4) is 0 Å². The van der Waals surface area contributed by atoms with Crippen molar-refractivity contribution in [3.05, 3.63) is 63.9 Å². The minimum Gasteiger partial charge on any atom is -0.496 e. The largest absolute Gasteiger partial charge is 0.496 e. The smallest absolute Gasteiger partial charge is 0.244 e. The minimum absolute atomic E-state index is 0.371. The van der Waals surface area contributed by atoms with Crippen LogP contribution in [0.25, 0.3) is 0 Å². The van der Waals surface area contributed by atoms with E-state index in [1.807, 2.05) is 12.1 Å². The molecule has 1 N–H and O–H groups in total. The van der Waals surface area contributed by atoms with Gasteiger partial charge in [0.1, 0.15) is 17.7 Å². The second-order valence-corrected chi connectivity index (χ2v) is 8.52. The molecule has 2 fully saturated rings. The van der Waals surface area contributed by atoms with E-state index in [9.17, 15) is 20.2 Å². The minimum atomic E-state index is -2.09. The summed E-state index contributed by atoms with van der Waals surface area (Å²) in [5.41, 5.74) is -3.24. The molecule has 2 aromatic rings. The van der Waals surface area contributed by atoms with Gasteiger partial charge in [0.15, 0.2) is 5.41 Å². The summed E-state index contributed by atoms with van der Waals surface area (Å²) in [6.45, 7) is 1.59. The maximum absolute atomic E-state index is 13.6. The summed E-state index contributed by atoms with van der Waals surface area (Å²) in [5, 5.41) is 39.3. The Morgan fingerprint density at radius 3 is 2.28 bits per heavy atom. The van der Waals surface area contributed by atoms with Crippen LogP contribution >= 0.6 is 15.9 Å². The van der Waals surface area contributed by atoms with Crippen LogP contribution in [0.2, 0.25) is 0 Å². The van der Waals surface area contributed by atoms with Crippen molar-refractivity contribution in [2.24, 2.45) is 16.7 Å². The van der Waals surface area contributed by atoms with Crippen molar-refractivity contribution < 1.29 is 18.6 Å². The summed E-state index contributed by atoms with van der Waals surface area (Å²) >= 11 is 3.40. The molecule has 4 rings (SSSR count). The van der Waals surface area contributed by atoms with E-state index in [0.29, 0.717) is 21.3 Å². The number of benzene rings is 2. The van der Waals surface area contributed by atoms with E-state index >= 15 is 0 Å². The first-order valence-corrected chi connectivity index (χ1v) is 10.3. The molecule has 7 nitrogen and oxygen atoms in total. The van der Waals surface area contributed by atoms with Gasteiger partial charge in [-0.2, -0.15) is 15.8 Å². The molecule has 0 aromatic heterocycles. The van der Waals surface area contributed by atoms with E-state index in [2.05, 4.69) is 22.0 Å². The number of nitriles is 3. The van der Waals surface area contributed by atoms with Crippen molar-refractivity contribution in [1.29, 1.82) is 21.2 Å². The zero-order chi connectivity index (χ0) is 23.3. The van der Waals surface area contributed by atoms with Gasteiger partial charge >= 0.3 is 0 Å². The van der Waals surface area contributed by atoms with Crippen molar-refractivity contribution >= 4 is 21.8 Å². The lowest BCUT2D eigenvalue weighted by Crippen LogP contribution is -2.57. The first-order chi connectivity index (χ1) is 15.3. The molecule has 0 amide bonds. The van der Waals surface area contributed by atoms with Crippen molar-refractivity contribution in [3.8, 4) is 24.0 Å². The van der Waals surface area contributed by atoms with Gasteiger partial charge in [-0.05, 0) is 57.9 Å². The van der Waals surface area contributed by atoms with E-state index in [1.165, 1.54) is 31.4 Å². The Kier molecular flexibility index (Phi) is 4.97. The lowest BCUT2D eigenvalue weighted by Gasteiger charge is -2.48. The molecule has 0 saturated carbocycles. The highest BCUT2D eigenvalue weighted by Gasteiger charge is 2.79. The van der Waals surface area contributed by atoms with Gasteiger partial charge in [0.2, 0.25) is 17.1 Å². The Balaban J connectivity index is 2.02. The molecule has 2 saturated heterocycles. The van der Waals surface area contributed by atoms with Gasteiger partial charge in [-0.1, -0.05) is 13.0 Å². The summed E-state index contributed by atoms with van der Waals surface area (Å²) in [4.78, 5) is 0. The molecular formula is C23H16BrFN4O3. The zero-order valence-electron chi connectivity index (χ0n) is 17.0. The van der Waals surface area contributed by atoms with E-state index in [-0.39, 0.29) is 0 Å². The molecule has 2 aliphatic rings. The van der Waals surface area contributed by atoms with Crippen LogP contribution in [-0.4, -0.2) is 13.0 Å². The molecule has 2 aliphatic heterocycles. The second kappa shape index (κ2) is 7.31. The van der Waals surface area contributed by atoms with Gasteiger partial charge in [-0.25, -0.2) is 4.39 Å². The topological polar surface area (TPSA) is 123 Å². The number of hydrogen-bond acceptors (Lipinski definition) is 7. The lowest BCUT2D eigenvalue weighted by molar-refractivity contribution is -0.288. The summed E-state index contributed by atoms with van der Waals surface area (Å²) in [5.74, 6) is -3.08. The molecule has 32 heavy (non-hydrogen) atoms. The number of nitrogens with one attached hydrogen (secondary N) is 1. The second-order valence-electron chi connectivity index (χ2n) is 7.67. The third-order valence-electron chi connectivity index (χ3n) is 6.39. The van der Waals surface area contributed by atoms with Crippen LogP contribution < -0.4 is 4.74 Å². The van der Waals surface area contributed by atoms with Crippen LogP contribution in [0, 0.1) is 62.0 Å². The Hall–Kier alpha value is -3.45. The maximum Gasteiger partial charge on any atom is 0.244 e. The molecule has 4 unspecified atom stereocenters. The normalized spacial score (nSPS) is 29.8. The predicted molar refractivity (Wildman–Crippen MR) is 112 cm³/mol. The standard InChI is InChI=1S/C23H16BrFN4O3/c1-13-22(12-28)20(29)32-23(13,15-4-6-16(25)7-5-15)31-19(21(22,10-26)11-27)14-3-8-18(30-2)17(24)9-14/h3-9,13,19,29H,1-2H3. The zero-order valence-corrected chi connectivity index (χ0v) is 18.6. The molecule has 2 heterocycles. The van der Waals surface area contributed by atoms with Crippen molar-refractivity contribution in [3.63, 3.8) is 0 Å². The molecule has 4 atom stereocenters. The number of rotatable bonds is 3. The van der Waals surface area contributed by atoms with Gasteiger partial charge in [0.05, 0.1) is 35.7 Å². The molecule has 9 heteroatoms. The Bertz CT molecular complexity index is 1230. The van der Waals surface area contributed by atoms with Crippen molar-refractivity contribution in [2.75, 3.05) is 7.11 Å². The number of ether oxygens (including phenoxy) is 3. The highest BCUT2D eigenvalue weighted by atomic mass is 79.9. The summed E-state index contributed by atoms with van der Waals surface area (Å²) in [7, 11) is 1.50. The fraction of sp³-hybridized carbons (Fsp3) is 0.304. The summed E-state index contributed by atoms with van der Waals surface area (Å²) in [6, 6.07) is 16.2. The van der Waals surface area contributed by atoms with Crippen LogP contribution in [0.1, 0.15) is 24.2 Å². The van der Waals surface area contributed by atoms with Gasteiger partial charge in [0.25, 0.3) is 0 Å². The molecule has 0 radical (unpaired) electrons. The summed E-state index contributed by atoms with van der Waals surface area (Å²) < 4.78 is 31.7. The Labute approximate surface area is 192 Å². The SMILES string of the molecule is COc1ccc(C2OC3(c4ccc(F)cc4)OC(=N)C(C#N)(C3C)C2(C#N)C#N)cc1Br. The van der Waals surface area contributed by atoms with Crippen LogP contribution in [0.4, 0.5) is 4.39 Å². The monoisotopic (exact) mass is 494 g/mol. The number of nitrogens with zero attached hydrogens (tertiary/aromatic N) is 3. The first kappa shape index (κ1) is 21.8. The highest BCUT2D eigenvalue weighted by Crippen LogP contribution is 2.69. The van der Waals surface area contributed by atoms with Gasteiger partial charge in [-0.15, -0.1) is 0 Å². The van der Waals surface area contributed by atoms with Gasteiger partial charge < -0.3 is 14.2 Å². The molecule has 0 aliphatic carbocycles. The molecule has 2 bridgehead atoms.